The van der Waals surface area contributed by atoms with E-state index in [1.54, 1.807) is 13.0 Å². The van der Waals surface area contributed by atoms with E-state index in [9.17, 15) is 9.90 Å². The first-order chi connectivity index (χ1) is 7.68. The predicted molar refractivity (Wildman–Crippen MR) is 69.5 cm³/mol. The lowest BCUT2D eigenvalue weighted by atomic mass is 9.85. The highest BCUT2D eigenvalue weighted by Gasteiger charge is 2.17. The lowest BCUT2D eigenvalue weighted by molar-refractivity contribution is -0.136. The minimum Gasteiger partial charge on any atom is -0.508 e. The monoisotopic (exact) mass is 238 g/mol. The minimum absolute atomic E-state index is 0.0239. The lowest BCUT2D eigenvalue weighted by Crippen LogP contribution is -2.11. The minimum atomic E-state index is -0.745. The quantitative estimate of drug-likeness (QED) is 0.787. The summed E-state index contributed by atoms with van der Waals surface area (Å²) >= 11 is 0. The maximum Gasteiger partial charge on any atom is 0.303 e. The standard InChI is InChI=1S/C11H16O.C3H6O2/c1-8-5-6-10(12)9(7-8)11(2,3)4;1-2-3(4)5/h5-7,12H,1-4H3;2H2,1H3,(H,4,5). The Morgan fingerprint density at radius 2 is 1.76 bits per heavy atom. The first-order valence-corrected chi connectivity index (χ1v) is 5.70. The predicted octanol–water partition coefficient (Wildman–Crippen LogP) is 3.48. The number of hydrogen-bond acceptors (Lipinski definition) is 2. The number of hydrogen-bond donors (Lipinski definition) is 2. The van der Waals surface area contributed by atoms with Crippen molar-refractivity contribution < 1.29 is 15.0 Å². The van der Waals surface area contributed by atoms with Crippen LogP contribution >= 0.6 is 0 Å². The number of rotatable bonds is 1. The lowest BCUT2D eigenvalue weighted by Gasteiger charge is -2.20. The Morgan fingerprint density at radius 3 is 2.06 bits per heavy atom. The van der Waals surface area contributed by atoms with Gasteiger partial charge in [0.1, 0.15) is 5.75 Å². The zero-order valence-corrected chi connectivity index (χ0v) is 11.2. The summed E-state index contributed by atoms with van der Waals surface area (Å²) in [5, 5.41) is 17.3. The number of benzene rings is 1. The van der Waals surface area contributed by atoms with Crippen LogP contribution < -0.4 is 0 Å². The molecule has 1 aromatic rings. The van der Waals surface area contributed by atoms with Gasteiger partial charge in [-0.25, -0.2) is 0 Å². The highest BCUT2D eigenvalue weighted by molar-refractivity contribution is 5.66. The van der Waals surface area contributed by atoms with Crippen molar-refractivity contribution in [2.24, 2.45) is 0 Å². The highest BCUT2D eigenvalue weighted by Crippen LogP contribution is 2.30. The van der Waals surface area contributed by atoms with Gasteiger partial charge in [-0.05, 0) is 24.0 Å². The number of aliphatic carboxylic acids is 1. The van der Waals surface area contributed by atoms with Gasteiger partial charge in [-0.15, -0.1) is 0 Å². The Morgan fingerprint density at radius 1 is 1.29 bits per heavy atom. The van der Waals surface area contributed by atoms with Gasteiger partial charge in [0.2, 0.25) is 0 Å². The molecule has 17 heavy (non-hydrogen) atoms. The van der Waals surface area contributed by atoms with E-state index >= 15 is 0 Å². The molecular formula is C14H22O3. The Kier molecular flexibility index (Phi) is 5.72. The first-order valence-electron chi connectivity index (χ1n) is 5.70. The molecule has 0 atom stereocenters. The van der Waals surface area contributed by atoms with Crippen LogP contribution in [0.2, 0.25) is 0 Å². The second kappa shape index (κ2) is 6.28. The molecule has 0 aliphatic heterocycles. The molecule has 0 aliphatic carbocycles. The third-order valence-electron chi connectivity index (χ3n) is 2.26. The molecule has 0 amide bonds. The number of carbonyl (C=O) groups is 1. The molecular weight excluding hydrogens is 216 g/mol. The molecule has 0 spiro atoms. The van der Waals surface area contributed by atoms with Gasteiger partial charge in [0.15, 0.2) is 0 Å². The molecule has 0 fully saturated rings. The van der Waals surface area contributed by atoms with E-state index in [1.807, 2.05) is 19.1 Å². The number of aryl methyl sites for hydroxylation is 1. The summed E-state index contributed by atoms with van der Waals surface area (Å²) in [6, 6.07) is 5.72. The molecule has 0 saturated carbocycles. The molecule has 0 bridgehead atoms. The summed E-state index contributed by atoms with van der Waals surface area (Å²) in [6.07, 6.45) is 0.222. The van der Waals surface area contributed by atoms with Gasteiger partial charge >= 0.3 is 5.97 Å². The molecule has 3 nitrogen and oxygen atoms in total. The zero-order valence-electron chi connectivity index (χ0n) is 11.2. The van der Waals surface area contributed by atoms with Crippen LogP contribution in [0.1, 0.15) is 45.2 Å². The van der Waals surface area contributed by atoms with Gasteiger partial charge in [-0.2, -0.15) is 0 Å². The molecule has 96 valence electrons. The van der Waals surface area contributed by atoms with Crippen LogP contribution in [0.5, 0.6) is 5.75 Å². The SMILES string of the molecule is CCC(=O)O.Cc1ccc(O)c(C(C)(C)C)c1. The van der Waals surface area contributed by atoms with Crippen LogP contribution in [0.3, 0.4) is 0 Å². The first kappa shape index (κ1) is 15.5. The summed E-state index contributed by atoms with van der Waals surface area (Å²) in [5.41, 5.74) is 2.23. The second-order valence-corrected chi connectivity index (χ2v) is 5.02. The summed E-state index contributed by atoms with van der Waals surface area (Å²) < 4.78 is 0. The van der Waals surface area contributed by atoms with Crippen molar-refractivity contribution in [3.05, 3.63) is 29.3 Å². The number of phenols is 1. The van der Waals surface area contributed by atoms with E-state index in [4.69, 9.17) is 5.11 Å². The molecule has 2 N–H and O–H groups in total. The third-order valence-corrected chi connectivity index (χ3v) is 2.26. The number of phenolic OH excluding ortho intramolecular Hbond substituents is 1. The average molecular weight is 238 g/mol. The molecule has 1 aromatic carbocycles. The van der Waals surface area contributed by atoms with Crippen molar-refractivity contribution in [3.63, 3.8) is 0 Å². The van der Waals surface area contributed by atoms with Crippen LogP contribution in [0.4, 0.5) is 0 Å². The van der Waals surface area contributed by atoms with Crippen LogP contribution in [0, 0.1) is 6.92 Å². The third kappa shape index (κ3) is 5.95. The van der Waals surface area contributed by atoms with E-state index in [0.717, 1.165) is 5.56 Å². The fraction of sp³-hybridized carbons (Fsp3) is 0.500. The van der Waals surface area contributed by atoms with E-state index < -0.39 is 5.97 Å². The molecule has 0 heterocycles. The molecule has 3 heteroatoms. The molecule has 1 rings (SSSR count). The van der Waals surface area contributed by atoms with Gasteiger partial charge in [0.25, 0.3) is 0 Å². The smallest absolute Gasteiger partial charge is 0.303 e. The molecule has 0 radical (unpaired) electrons. The van der Waals surface area contributed by atoms with Crippen LogP contribution in [-0.2, 0) is 10.2 Å². The van der Waals surface area contributed by atoms with E-state index in [2.05, 4.69) is 20.8 Å². The van der Waals surface area contributed by atoms with E-state index in [-0.39, 0.29) is 11.8 Å². The van der Waals surface area contributed by atoms with Crippen molar-refractivity contribution in [2.45, 2.75) is 46.5 Å². The summed E-state index contributed by atoms with van der Waals surface area (Å²) in [5.74, 6) is -0.349. The number of aromatic hydroxyl groups is 1. The van der Waals surface area contributed by atoms with Gasteiger partial charge in [-0.1, -0.05) is 45.4 Å². The molecule has 0 saturated heterocycles. The average Bonchev–Trinajstić information content (AvgIpc) is 2.21. The molecule has 0 aromatic heterocycles. The highest BCUT2D eigenvalue weighted by atomic mass is 16.4. The normalized spacial score (nSPS) is 10.4. The summed E-state index contributed by atoms with van der Waals surface area (Å²) in [6.45, 7) is 9.93. The Bertz CT molecular complexity index is 376. The van der Waals surface area contributed by atoms with Gasteiger partial charge in [0.05, 0.1) is 0 Å². The number of carboxylic acids is 1. The van der Waals surface area contributed by atoms with Crippen molar-refractivity contribution in [1.29, 1.82) is 0 Å². The van der Waals surface area contributed by atoms with Crippen molar-refractivity contribution in [1.82, 2.24) is 0 Å². The van der Waals surface area contributed by atoms with Crippen LogP contribution in [0.15, 0.2) is 18.2 Å². The van der Waals surface area contributed by atoms with Gasteiger partial charge in [-0.3, -0.25) is 4.79 Å². The van der Waals surface area contributed by atoms with Gasteiger partial charge < -0.3 is 10.2 Å². The Hall–Kier alpha value is -1.51. The van der Waals surface area contributed by atoms with Crippen molar-refractivity contribution >= 4 is 5.97 Å². The fourth-order valence-corrected chi connectivity index (χ4v) is 1.25. The van der Waals surface area contributed by atoms with Crippen molar-refractivity contribution in [2.75, 3.05) is 0 Å². The van der Waals surface area contributed by atoms with Crippen LogP contribution in [0.25, 0.3) is 0 Å². The zero-order chi connectivity index (χ0) is 13.6. The Labute approximate surface area is 103 Å². The summed E-state index contributed by atoms with van der Waals surface area (Å²) in [4.78, 5) is 9.37. The summed E-state index contributed by atoms with van der Waals surface area (Å²) in [7, 11) is 0. The van der Waals surface area contributed by atoms with E-state index in [1.165, 1.54) is 5.56 Å². The fourth-order valence-electron chi connectivity index (χ4n) is 1.25. The topological polar surface area (TPSA) is 57.5 Å². The Balaban J connectivity index is 0.000000437. The second-order valence-electron chi connectivity index (χ2n) is 5.02. The largest absolute Gasteiger partial charge is 0.508 e. The van der Waals surface area contributed by atoms with Gasteiger partial charge in [0, 0.05) is 6.42 Å². The maximum atomic E-state index is 9.57. The van der Waals surface area contributed by atoms with E-state index in [0.29, 0.717) is 5.75 Å². The molecule has 0 unspecified atom stereocenters. The molecule has 0 aliphatic rings. The van der Waals surface area contributed by atoms with Crippen molar-refractivity contribution in [3.8, 4) is 5.75 Å². The van der Waals surface area contributed by atoms with Crippen LogP contribution in [-0.4, -0.2) is 16.2 Å². The maximum absolute atomic E-state index is 9.57. The number of carboxylic acid groups (broad SMARTS) is 1.